The van der Waals surface area contributed by atoms with Crippen LogP contribution >= 0.6 is 11.6 Å². The van der Waals surface area contributed by atoms with Gasteiger partial charge in [0.15, 0.2) is 5.60 Å². The Balaban J connectivity index is 1.46. The van der Waals surface area contributed by atoms with Gasteiger partial charge in [-0.2, -0.15) is 0 Å². The summed E-state index contributed by atoms with van der Waals surface area (Å²) in [5.41, 5.74) is 2.99. The van der Waals surface area contributed by atoms with Crippen LogP contribution in [0, 0.1) is 6.92 Å². The van der Waals surface area contributed by atoms with Gasteiger partial charge in [-0.1, -0.05) is 41.9 Å². The minimum absolute atomic E-state index is 0.0992. The highest BCUT2D eigenvalue weighted by atomic mass is 35.5. The van der Waals surface area contributed by atoms with E-state index in [9.17, 15) is 9.59 Å². The summed E-state index contributed by atoms with van der Waals surface area (Å²) in [4.78, 5) is 26.9. The number of likely N-dealkylation sites (tertiary alicyclic amines) is 1. The molecule has 2 aromatic carbocycles. The average Bonchev–Trinajstić information content (AvgIpc) is 2.94. The summed E-state index contributed by atoms with van der Waals surface area (Å²) in [5.74, 6) is -0.182. The van der Waals surface area contributed by atoms with E-state index < -0.39 is 5.60 Å². The van der Waals surface area contributed by atoms with Gasteiger partial charge in [-0.3, -0.25) is 4.79 Å². The van der Waals surface area contributed by atoms with E-state index in [0.29, 0.717) is 31.5 Å². The number of benzene rings is 2. The lowest BCUT2D eigenvalue weighted by molar-refractivity contribution is -0.138. The van der Waals surface area contributed by atoms with Gasteiger partial charge in [-0.05, 0) is 49.4 Å². The van der Waals surface area contributed by atoms with Crippen LogP contribution in [-0.4, -0.2) is 29.9 Å². The van der Waals surface area contributed by atoms with Crippen molar-refractivity contribution in [2.45, 2.75) is 38.2 Å². The van der Waals surface area contributed by atoms with Crippen LogP contribution in [-0.2, 0) is 21.6 Å². The van der Waals surface area contributed by atoms with Crippen LogP contribution in [0.25, 0.3) is 0 Å². The fourth-order valence-corrected chi connectivity index (χ4v) is 4.27. The lowest BCUT2D eigenvalue weighted by Crippen LogP contribution is -2.48. The Bertz CT molecular complexity index is 910. The predicted molar refractivity (Wildman–Crippen MR) is 104 cm³/mol. The number of fused-ring (bicyclic) bond motifs is 2. The number of ether oxygens (including phenoxy) is 1. The van der Waals surface area contributed by atoms with Gasteiger partial charge < -0.3 is 9.64 Å². The third kappa shape index (κ3) is 3.34. The van der Waals surface area contributed by atoms with Gasteiger partial charge in [0, 0.05) is 23.6 Å². The molecule has 27 heavy (non-hydrogen) atoms. The maximum atomic E-state index is 12.8. The summed E-state index contributed by atoms with van der Waals surface area (Å²) in [6.07, 6.45) is 2.70. The number of carbonyl (C=O) groups excluding carboxylic acids is 2. The highest BCUT2D eigenvalue weighted by Crippen LogP contribution is 2.42. The zero-order chi connectivity index (χ0) is 19.0. The summed E-state index contributed by atoms with van der Waals surface area (Å²) >= 11 is 6.07. The Morgan fingerprint density at radius 1 is 1.26 bits per heavy atom. The first-order valence-electron chi connectivity index (χ1n) is 9.34. The Labute approximate surface area is 164 Å². The molecule has 2 aromatic rings. The maximum Gasteiger partial charge on any atom is 0.339 e. The quantitative estimate of drug-likeness (QED) is 0.743. The molecule has 1 unspecified atom stereocenters. The summed E-state index contributed by atoms with van der Waals surface area (Å²) < 4.78 is 5.78. The highest BCUT2D eigenvalue weighted by molar-refractivity contribution is 6.31. The number of rotatable bonds is 3. The Morgan fingerprint density at radius 3 is 2.89 bits per heavy atom. The molecule has 2 aliphatic rings. The van der Waals surface area contributed by atoms with E-state index in [-0.39, 0.29) is 11.9 Å². The van der Waals surface area contributed by atoms with Gasteiger partial charge in [0.2, 0.25) is 5.91 Å². The number of piperidine rings is 1. The molecule has 4 rings (SSSR count). The largest absolute Gasteiger partial charge is 0.449 e. The second-order valence-corrected chi connectivity index (χ2v) is 7.84. The molecule has 0 saturated carbocycles. The zero-order valence-corrected chi connectivity index (χ0v) is 16.1. The molecular formula is C22H22ClNO3. The van der Waals surface area contributed by atoms with Gasteiger partial charge in [-0.25, -0.2) is 4.79 Å². The molecule has 0 aliphatic carbocycles. The molecule has 1 atom stereocenters. The van der Waals surface area contributed by atoms with Crippen molar-refractivity contribution in [1.29, 1.82) is 0 Å². The van der Waals surface area contributed by atoms with Crippen LogP contribution in [0.4, 0.5) is 0 Å². The number of carbonyl (C=O) groups is 2. The molecule has 1 spiro atoms. The summed E-state index contributed by atoms with van der Waals surface area (Å²) in [6.45, 7) is 3.11. The van der Waals surface area contributed by atoms with Crippen molar-refractivity contribution in [1.82, 2.24) is 4.90 Å². The summed E-state index contributed by atoms with van der Waals surface area (Å²) in [6, 6.07) is 13.4. The number of halogens is 1. The first-order chi connectivity index (χ1) is 13.0. The number of hydrogen-bond acceptors (Lipinski definition) is 3. The van der Waals surface area contributed by atoms with E-state index >= 15 is 0 Å². The molecule has 2 aliphatic heterocycles. The second kappa shape index (κ2) is 7.01. The van der Waals surface area contributed by atoms with E-state index in [2.05, 4.69) is 0 Å². The predicted octanol–water partition coefficient (Wildman–Crippen LogP) is 4.27. The van der Waals surface area contributed by atoms with E-state index in [4.69, 9.17) is 16.3 Å². The number of hydrogen-bond donors (Lipinski definition) is 0. The van der Waals surface area contributed by atoms with Crippen molar-refractivity contribution in [2.24, 2.45) is 0 Å². The topological polar surface area (TPSA) is 46.6 Å². The molecule has 140 valence electrons. The van der Waals surface area contributed by atoms with Crippen LogP contribution in [0.1, 0.15) is 46.3 Å². The fraction of sp³-hybridized carbons (Fsp3) is 0.364. The molecule has 1 fully saturated rings. The van der Waals surface area contributed by atoms with Crippen LogP contribution in [0.5, 0.6) is 0 Å². The van der Waals surface area contributed by atoms with Crippen LogP contribution < -0.4 is 0 Å². The molecule has 1 saturated heterocycles. The van der Waals surface area contributed by atoms with Crippen molar-refractivity contribution in [3.63, 3.8) is 0 Å². The highest BCUT2D eigenvalue weighted by Gasteiger charge is 2.48. The van der Waals surface area contributed by atoms with E-state index in [1.807, 2.05) is 48.2 Å². The van der Waals surface area contributed by atoms with Crippen molar-refractivity contribution in [3.05, 3.63) is 69.7 Å². The van der Waals surface area contributed by atoms with Crippen LogP contribution in [0.15, 0.2) is 42.5 Å². The van der Waals surface area contributed by atoms with E-state index in [1.54, 1.807) is 6.07 Å². The number of nitrogens with zero attached hydrogens (tertiary/aromatic N) is 1. The van der Waals surface area contributed by atoms with Gasteiger partial charge in [0.25, 0.3) is 0 Å². The molecule has 5 heteroatoms. The Hall–Kier alpha value is -2.33. The Kier molecular flexibility index (Phi) is 4.68. The molecule has 0 aromatic heterocycles. The van der Waals surface area contributed by atoms with E-state index in [0.717, 1.165) is 34.6 Å². The number of aryl methyl sites for hydroxylation is 2. The third-order valence-corrected chi connectivity index (χ3v) is 6.01. The van der Waals surface area contributed by atoms with Gasteiger partial charge in [0.1, 0.15) is 0 Å². The number of esters is 1. The monoisotopic (exact) mass is 383 g/mol. The van der Waals surface area contributed by atoms with Crippen molar-refractivity contribution in [2.75, 3.05) is 13.1 Å². The summed E-state index contributed by atoms with van der Waals surface area (Å²) in [7, 11) is 0. The molecular weight excluding hydrogens is 362 g/mol. The fourth-order valence-electron chi connectivity index (χ4n) is 4.16. The molecule has 4 nitrogen and oxygen atoms in total. The van der Waals surface area contributed by atoms with Gasteiger partial charge >= 0.3 is 5.97 Å². The lowest BCUT2D eigenvalue weighted by atomic mass is 9.85. The maximum absolute atomic E-state index is 12.8. The van der Waals surface area contributed by atoms with Gasteiger partial charge in [-0.15, -0.1) is 0 Å². The normalized spacial score (nSPS) is 21.3. The third-order valence-electron chi connectivity index (χ3n) is 5.58. The van der Waals surface area contributed by atoms with Gasteiger partial charge in [0.05, 0.1) is 12.1 Å². The minimum atomic E-state index is -0.682. The molecule has 0 N–H and O–H groups in total. The van der Waals surface area contributed by atoms with E-state index in [1.165, 1.54) is 0 Å². The van der Waals surface area contributed by atoms with Crippen LogP contribution in [0.2, 0.25) is 5.02 Å². The second-order valence-electron chi connectivity index (χ2n) is 7.43. The molecule has 2 heterocycles. The lowest BCUT2D eigenvalue weighted by Gasteiger charge is -2.39. The number of amides is 1. The Morgan fingerprint density at radius 2 is 2.07 bits per heavy atom. The molecule has 0 bridgehead atoms. The minimum Gasteiger partial charge on any atom is -0.449 e. The van der Waals surface area contributed by atoms with Crippen molar-refractivity contribution >= 4 is 23.5 Å². The molecule has 0 radical (unpaired) electrons. The summed E-state index contributed by atoms with van der Waals surface area (Å²) in [5, 5.41) is 0.741. The smallest absolute Gasteiger partial charge is 0.339 e. The average molecular weight is 384 g/mol. The van der Waals surface area contributed by atoms with Crippen molar-refractivity contribution in [3.8, 4) is 0 Å². The standard InChI is InChI=1S/C22H22ClNO3/c1-15-13-16(7-9-19(15)23)8-10-20(25)24-12-4-11-22(14-24)18-6-3-2-5-17(18)21(26)27-22/h2-3,5-7,9,13H,4,8,10-12,14H2,1H3. The first kappa shape index (κ1) is 18.1. The zero-order valence-electron chi connectivity index (χ0n) is 15.3. The SMILES string of the molecule is Cc1cc(CCC(=O)N2CCCC3(C2)OC(=O)c2ccccc23)ccc1Cl. The first-order valence-corrected chi connectivity index (χ1v) is 9.72. The molecule has 1 amide bonds. The van der Waals surface area contributed by atoms with Crippen molar-refractivity contribution < 1.29 is 14.3 Å². The van der Waals surface area contributed by atoms with Crippen LogP contribution in [0.3, 0.4) is 0 Å².